The predicted molar refractivity (Wildman–Crippen MR) is 137 cm³/mol. The van der Waals surface area contributed by atoms with E-state index in [2.05, 4.69) is 9.88 Å². The number of rotatable bonds is 10. The Bertz CT molecular complexity index is 1000. The van der Waals surface area contributed by atoms with Crippen LogP contribution in [0.5, 0.6) is 5.75 Å². The summed E-state index contributed by atoms with van der Waals surface area (Å²) in [4.78, 5) is 18.5. The first-order valence-electron chi connectivity index (χ1n) is 12.8. The van der Waals surface area contributed by atoms with Gasteiger partial charge in [0, 0.05) is 35.0 Å². The molecule has 1 aromatic carbocycles. The number of hydrogen-bond acceptors (Lipinski definition) is 6. The van der Waals surface area contributed by atoms with E-state index in [4.69, 9.17) is 4.74 Å². The van der Waals surface area contributed by atoms with Crippen LogP contribution in [-0.4, -0.2) is 63.8 Å². The van der Waals surface area contributed by atoms with Crippen molar-refractivity contribution in [2.45, 2.75) is 62.7 Å². The van der Waals surface area contributed by atoms with E-state index in [0.29, 0.717) is 36.0 Å². The highest BCUT2D eigenvalue weighted by atomic mass is 32.2. The second-order valence-corrected chi connectivity index (χ2v) is 11.3. The van der Waals surface area contributed by atoms with Gasteiger partial charge in [0.1, 0.15) is 11.6 Å². The number of carbonyl (C=O) groups is 1. The van der Waals surface area contributed by atoms with Crippen LogP contribution < -0.4 is 4.74 Å². The highest BCUT2D eigenvalue weighted by Crippen LogP contribution is 2.35. The largest absolute Gasteiger partial charge is 0.497 e. The average Bonchev–Trinajstić information content (AvgIpc) is 2.87. The molecule has 0 amide bonds. The van der Waals surface area contributed by atoms with Crippen molar-refractivity contribution in [2.75, 3.05) is 32.5 Å². The summed E-state index contributed by atoms with van der Waals surface area (Å²) in [7, 11) is 1.54. The zero-order valence-corrected chi connectivity index (χ0v) is 21.3. The van der Waals surface area contributed by atoms with Crippen molar-refractivity contribution in [1.29, 1.82) is 0 Å². The molecule has 4 rings (SSSR count). The number of carboxylic acid groups (broad SMARTS) is 1. The van der Waals surface area contributed by atoms with Crippen molar-refractivity contribution in [2.24, 2.45) is 11.8 Å². The van der Waals surface area contributed by atoms with E-state index < -0.39 is 23.8 Å². The number of fused-ring (bicyclic) bond motifs is 1. The smallest absolute Gasteiger partial charge is 0.308 e. The molecule has 2 heterocycles. The summed E-state index contributed by atoms with van der Waals surface area (Å²) >= 11 is 2.05. The first-order valence-corrected chi connectivity index (χ1v) is 13.9. The Kier molecular flexibility index (Phi) is 9.25. The van der Waals surface area contributed by atoms with E-state index in [0.717, 1.165) is 36.7 Å². The minimum atomic E-state index is -1.04. The number of aliphatic hydroxyl groups excluding tert-OH is 1. The third-order valence-electron chi connectivity index (χ3n) is 7.68. The lowest BCUT2D eigenvalue weighted by Gasteiger charge is -2.37. The molecule has 1 saturated carbocycles. The van der Waals surface area contributed by atoms with Gasteiger partial charge in [0.15, 0.2) is 0 Å². The number of benzene rings is 1. The Morgan fingerprint density at radius 1 is 1.29 bits per heavy atom. The van der Waals surface area contributed by atoms with Crippen molar-refractivity contribution in [3.63, 3.8) is 0 Å². The molecular weight excluding hydrogens is 467 g/mol. The molecule has 35 heavy (non-hydrogen) atoms. The Labute approximate surface area is 211 Å². The van der Waals surface area contributed by atoms with Gasteiger partial charge in [0.05, 0.1) is 30.8 Å². The van der Waals surface area contributed by atoms with Crippen LogP contribution in [0.3, 0.4) is 0 Å². The van der Waals surface area contributed by atoms with E-state index in [-0.39, 0.29) is 11.5 Å². The predicted octanol–water partition coefficient (Wildman–Crippen LogP) is 5.28. The molecule has 1 saturated heterocycles. The van der Waals surface area contributed by atoms with Gasteiger partial charge in [-0.2, -0.15) is 11.8 Å². The fourth-order valence-electron chi connectivity index (χ4n) is 5.63. The van der Waals surface area contributed by atoms with Crippen LogP contribution in [0, 0.1) is 17.7 Å². The number of halogens is 1. The molecule has 1 aliphatic heterocycles. The van der Waals surface area contributed by atoms with Gasteiger partial charge in [-0.3, -0.25) is 9.78 Å². The van der Waals surface area contributed by atoms with Gasteiger partial charge in [-0.05, 0) is 62.8 Å². The van der Waals surface area contributed by atoms with Crippen LogP contribution in [0.15, 0.2) is 24.4 Å². The Morgan fingerprint density at radius 2 is 2.09 bits per heavy atom. The zero-order chi connectivity index (χ0) is 24.8. The molecule has 1 aromatic heterocycles. The number of methoxy groups -OCH3 is 1. The molecule has 2 N–H and O–H groups in total. The zero-order valence-electron chi connectivity index (χ0n) is 20.5. The molecule has 0 bridgehead atoms. The minimum Gasteiger partial charge on any atom is -0.497 e. The monoisotopic (exact) mass is 504 g/mol. The van der Waals surface area contributed by atoms with Crippen molar-refractivity contribution < 1.29 is 24.1 Å². The first-order chi connectivity index (χ1) is 17.0. The number of carboxylic acids is 1. The van der Waals surface area contributed by atoms with E-state index in [9.17, 15) is 19.4 Å². The van der Waals surface area contributed by atoms with Gasteiger partial charge in [0.25, 0.3) is 0 Å². The van der Waals surface area contributed by atoms with E-state index in [1.54, 1.807) is 18.2 Å². The maximum Gasteiger partial charge on any atom is 0.308 e. The van der Waals surface area contributed by atoms with E-state index in [1.807, 2.05) is 11.8 Å². The molecule has 3 atom stereocenters. The number of ether oxygens (including phenoxy) is 1. The lowest BCUT2D eigenvalue weighted by Crippen LogP contribution is -2.44. The number of hydrogen-bond donors (Lipinski definition) is 2. The SMILES string of the molecule is COc1ccc2ncc(F)c([C@H](O)CCC3CCN(CCSC4CCCCC4)CC3C(=O)O)c2c1. The molecule has 0 radical (unpaired) electrons. The van der Waals surface area contributed by atoms with Gasteiger partial charge in [-0.15, -0.1) is 0 Å². The molecule has 6 nitrogen and oxygen atoms in total. The molecule has 2 unspecified atom stereocenters. The Morgan fingerprint density at radius 3 is 2.83 bits per heavy atom. The normalized spacial score (nSPS) is 22.8. The fourth-order valence-corrected chi connectivity index (χ4v) is 6.99. The van der Waals surface area contributed by atoms with Gasteiger partial charge < -0.3 is 19.8 Å². The molecule has 2 fully saturated rings. The van der Waals surface area contributed by atoms with Crippen LogP contribution in [0.4, 0.5) is 4.39 Å². The lowest BCUT2D eigenvalue weighted by atomic mass is 9.81. The summed E-state index contributed by atoms with van der Waals surface area (Å²) in [6, 6.07) is 5.18. The summed E-state index contributed by atoms with van der Waals surface area (Å²) in [6.07, 6.45) is 8.38. The number of aliphatic carboxylic acids is 1. The number of nitrogens with zero attached hydrogens (tertiary/aromatic N) is 2. The van der Waals surface area contributed by atoms with Gasteiger partial charge >= 0.3 is 5.97 Å². The quantitative estimate of drug-likeness (QED) is 0.455. The first kappa shape index (κ1) is 26.2. The summed E-state index contributed by atoms with van der Waals surface area (Å²) in [5.74, 6) is -0.209. The van der Waals surface area contributed by atoms with Crippen molar-refractivity contribution >= 4 is 28.6 Å². The molecule has 2 aromatic rings. The molecule has 2 aliphatic rings. The molecule has 1 aliphatic carbocycles. The third kappa shape index (κ3) is 6.66. The lowest BCUT2D eigenvalue weighted by molar-refractivity contribution is -0.146. The topological polar surface area (TPSA) is 82.9 Å². The van der Waals surface area contributed by atoms with Crippen LogP contribution in [-0.2, 0) is 4.79 Å². The van der Waals surface area contributed by atoms with Gasteiger partial charge in [0.2, 0.25) is 0 Å². The molecular formula is C27H37FN2O4S. The highest BCUT2D eigenvalue weighted by Gasteiger charge is 2.34. The van der Waals surface area contributed by atoms with Crippen LogP contribution in [0.1, 0.15) is 63.0 Å². The van der Waals surface area contributed by atoms with Crippen molar-refractivity contribution in [1.82, 2.24) is 9.88 Å². The van der Waals surface area contributed by atoms with E-state index >= 15 is 0 Å². The molecule has 0 spiro atoms. The molecule has 192 valence electrons. The number of aliphatic hydroxyl groups is 1. The fraction of sp³-hybridized carbons (Fsp3) is 0.630. The number of pyridine rings is 1. The average molecular weight is 505 g/mol. The number of likely N-dealkylation sites (tertiary alicyclic amines) is 1. The Balaban J connectivity index is 1.34. The number of thioether (sulfide) groups is 1. The van der Waals surface area contributed by atoms with Crippen LogP contribution >= 0.6 is 11.8 Å². The molecule has 8 heteroatoms. The summed E-state index contributed by atoms with van der Waals surface area (Å²) in [5.41, 5.74) is 0.794. The maximum absolute atomic E-state index is 14.7. The van der Waals surface area contributed by atoms with E-state index in [1.165, 1.54) is 39.2 Å². The van der Waals surface area contributed by atoms with Crippen LogP contribution in [0.25, 0.3) is 10.9 Å². The second-order valence-electron chi connectivity index (χ2n) is 9.92. The third-order valence-corrected chi connectivity index (χ3v) is 9.04. The number of aromatic nitrogens is 1. The standard InChI is InChI=1S/C27H37FN2O4S/c1-34-19-8-9-24-21(15-19)26(23(28)16-29-24)25(31)10-7-18-11-12-30(17-22(18)27(32)33)13-14-35-20-5-3-2-4-6-20/h8-9,15-16,18,20,22,25,31H,2-7,10-14,17H2,1H3,(H,32,33)/t18?,22?,25-/m1/s1. The summed E-state index contributed by atoms with van der Waals surface area (Å²) in [5, 5.41) is 22.1. The van der Waals surface area contributed by atoms with Crippen molar-refractivity contribution in [3.8, 4) is 5.75 Å². The van der Waals surface area contributed by atoms with Gasteiger partial charge in [-0.1, -0.05) is 19.3 Å². The van der Waals surface area contributed by atoms with Crippen LogP contribution in [0.2, 0.25) is 0 Å². The summed E-state index contributed by atoms with van der Waals surface area (Å²) < 4.78 is 20.0. The summed E-state index contributed by atoms with van der Waals surface area (Å²) in [6.45, 7) is 2.35. The Hall–Kier alpha value is -1.90. The van der Waals surface area contributed by atoms with Crippen molar-refractivity contribution in [3.05, 3.63) is 35.8 Å². The second kappa shape index (κ2) is 12.4. The maximum atomic E-state index is 14.7. The van der Waals surface area contributed by atoms with Gasteiger partial charge in [-0.25, -0.2) is 4.39 Å². The highest BCUT2D eigenvalue weighted by molar-refractivity contribution is 7.99. The minimum absolute atomic E-state index is 0.0323. The number of piperidine rings is 1.